The zero-order valence-electron chi connectivity index (χ0n) is 9.95. The number of benzene rings is 2. The predicted molar refractivity (Wildman–Crippen MR) is 77.8 cm³/mol. The van der Waals surface area contributed by atoms with E-state index in [-0.39, 0.29) is 10.9 Å². The highest BCUT2D eigenvalue weighted by molar-refractivity contribution is 6.42. The van der Waals surface area contributed by atoms with Crippen molar-refractivity contribution in [2.45, 2.75) is 0 Å². The lowest BCUT2D eigenvalue weighted by Gasteiger charge is -2.07. The zero-order valence-corrected chi connectivity index (χ0v) is 11.5. The third-order valence-electron chi connectivity index (χ3n) is 2.98. The van der Waals surface area contributed by atoms with Crippen molar-refractivity contribution in [1.29, 1.82) is 0 Å². The van der Waals surface area contributed by atoms with E-state index < -0.39 is 11.4 Å². The van der Waals surface area contributed by atoms with Crippen LogP contribution in [0.15, 0.2) is 41.5 Å². The van der Waals surface area contributed by atoms with E-state index in [0.717, 1.165) is 0 Å². The van der Waals surface area contributed by atoms with Crippen LogP contribution in [0.1, 0.15) is 0 Å². The van der Waals surface area contributed by atoms with Crippen LogP contribution in [0.5, 0.6) is 0 Å². The second-order valence-corrected chi connectivity index (χ2v) is 4.99. The van der Waals surface area contributed by atoms with Gasteiger partial charge in [0, 0.05) is 0 Å². The van der Waals surface area contributed by atoms with Crippen LogP contribution in [-0.2, 0) is 0 Å². The molecule has 0 saturated heterocycles. The molecule has 0 aliphatic rings. The molecule has 0 spiro atoms. The Hall–Kier alpha value is -1.91. The maximum atomic E-state index is 13.7. The predicted octanol–water partition coefficient (Wildman–Crippen LogP) is 4.04. The molecule has 2 aromatic carbocycles. The van der Waals surface area contributed by atoms with Crippen molar-refractivity contribution >= 4 is 34.1 Å². The van der Waals surface area contributed by atoms with Crippen molar-refractivity contribution in [2.24, 2.45) is 0 Å². The molecule has 20 heavy (non-hydrogen) atoms. The normalized spacial score (nSPS) is 10.9. The van der Waals surface area contributed by atoms with Crippen LogP contribution in [0.4, 0.5) is 4.39 Å². The monoisotopic (exact) mass is 308 g/mol. The molecule has 3 nitrogen and oxygen atoms in total. The molecule has 0 amide bonds. The molecule has 0 unspecified atom stereocenters. The number of aromatic nitrogens is 2. The van der Waals surface area contributed by atoms with Crippen LogP contribution in [-0.4, -0.2) is 9.97 Å². The van der Waals surface area contributed by atoms with Crippen LogP contribution in [0.25, 0.3) is 22.0 Å². The molecular formula is C14H7Cl2FN2O. The van der Waals surface area contributed by atoms with Crippen LogP contribution >= 0.6 is 23.2 Å². The largest absolute Gasteiger partial charge is 0.313 e. The highest BCUT2D eigenvalue weighted by atomic mass is 35.5. The topological polar surface area (TPSA) is 45.8 Å². The SMILES string of the molecule is O=c1[nH]cnc2c(F)ccc(-c3ccc(Cl)c(Cl)c3)c12. The number of hydrogen-bond donors (Lipinski definition) is 1. The average Bonchev–Trinajstić information content (AvgIpc) is 2.43. The van der Waals surface area contributed by atoms with Crippen molar-refractivity contribution in [2.75, 3.05) is 0 Å². The summed E-state index contributed by atoms with van der Waals surface area (Å²) in [5.41, 5.74) is 0.838. The van der Waals surface area contributed by atoms with E-state index in [2.05, 4.69) is 9.97 Å². The van der Waals surface area contributed by atoms with Crippen LogP contribution in [0.2, 0.25) is 10.0 Å². The highest BCUT2D eigenvalue weighted by Crippen LogP contribution is 2.31. The molecule has 0 bridgehead atoms. The van der Waals surface area contributed by atoms with Crippen molar-refractivity contribution in [3.05, 3.63) is 62.9 Å². The van der Waals surface area contributed by atoms with Gasteiger partial charge >= 0.3 is 0 Å². The summed E-state index contributed by atoms with van der Waals surface area (Å²) in [5.74, 6) is -0.546. The van der Waals surface area contributed by atoms with Crippen LogP contribution in [0, 0.1) is 5.82 Å². The first-order valence-electron chi connectivity index (χ1n) is 5.69. The molecule has 1 heterocycles. The Morgan fingerprint density at radius 1 is 1.10 bits per heavy atom. The number of halogens is 3. The summed E-state index contributed by atoms with van der Waals surface area (Å²) in [6.07, 6.45) is 1.17. The molecule has 6 heteroatoms. The lowest BCUT2D eigenvalue weighted by molar-refractivity contribution is 0.636. The van der Waals surface area contributed by atoms with Gasteiger partial charge in [-0.25, -0.2) is 9.37 Å². The van der Waals surface area contributed by atoms with Crippen molar-refractivity contribution in [3.63, 3.8) is 0 Å². The molecule has 1 aromatic heterocycles. The Morgan fingerprint density at radius 2 is 1.90 bits per heavy atom. The lowest BCUT2D eigenvalue weighted by Crippen LogP contribution is -2.08. The van der Waals surface area contributed by atoms with Crippen LogP contribution in [0.3, 0.4) is 0 Å². The fourth-order valence-corrected chi connectivity index (χ4v) is 2.35. The summed E-state index contributed by atoms with van der Waals surface area (Å²) in [7, 11) is 0. The number of hydrogen-bond acceptors (Lipinski definition) is 2. The number of nitrogens with zero attached hydrogens (tertiary/aromatic N) is 1. The summed E-state index contributed by atoms with van der Waals surface area (Å²) >= 11 is 11.8. The molecule has 0 fully saturated rings. The van der Waals surface area contributed by atoms with Gasteiger partial charge in [0.25, 0.3) is 5.56 Å². The summed E-state index contributed by atoms with van der Waals surface area (Å²) in [4.78, 5) is 18.3. The van der Waals surface area contributed by atoms with E-state index in [1.165, 1.54) is 18.5 Å². The molecule has 0 saturated carbocycles. The van der Waals surface area contributed by atoms with Crippen molar-refractivity contribution < 1.29 is 4.39 Å². The first kappa shape index (κ1) is 13.1. The van der Waals surface area contributed by atoms with Gasteiger partial charge in [-0.05, 0) is 29.3 Å². The molecule has 3 rings (SSSR count). The lowest BCUT2D eigenvalue weighted by atomic mass is 10.0. The zero-order chi connectivity index (χ0) is 14.3. The van der Waals surface area contributed by atoms with Crippen molar-refractivity contribution in [1.82, 2.24) is 9.97 Å². The molecule has 0 radical (unpaired) electrons. The summed E-state index contributed by atoms with van der Waals surface area (Å²) in [6.45, 7) is 0. The molecular weight excluding hydrogens is 302 g/mol. The number of fused-ring (bicyclic) bond motifs is 1. The number of aromatic amines is 1. The minimum atomic E-state index is -0.546. The Balaban J connectivity index is 2.40. The van der Waals surface area contributed by atoms with E-state index in [9.17, 15) is 9.18 Å². The highest BCUT2D eigenvalue weighted by Gasteiger charge is 2.13. The second kappa shape index (κ2) is 4.89. The smallest absolute Gasteiger partial charge is 0.259 e. The fourth-order valence-electron chi connectivity index (χ4n) is 2.05. The van der Waals surface area contributed by atoms with Crippen LogP contribution < -0.4 is 5.56 Å². The maximum Gasteiger partial charge on any atom is 0.259 e. The fraction of sp³-hybridized carbons (Fsp3) is 0. The van der Waals surface area contributed by atoms with E-state index in [1.807, 2.05) is 0 Å². The van der Waals surface area contributed by atoms with E-state index in [1.54, 1.807) is 18.2 Å². The molecule has 0 aliphatic heterocycles. The van der Waals surface area contributed by atoms with Gasteiger partial charge in [-0.1, -0.05) is 35.3 Å². The quantitative estimate of drug-likeness (QED) is 0.737. The molecule has 100 valence electrons. The van der Waals surface area contributed by atoms with E-state index >= 15 is 0 Å². The van der Waals surface area contributed by atoms with E-state index in [4.69, 9.17) is 23.2 Å². The Kier molecular flexibility index (Phi) is 3.20. The summed E-state index contributed by atoms with van der Waals surface area (Å²) in [6, 6.07) is 7.76. The minimum absolute atomic E-state index is 0.0253. The number of nitrogens with one attached hydrogen (secondary N) is 1. The second-order valence-electron chi connectivity index (χ2n) is 4.18. The standard InChI is InChI=1S/C14H7Cl2FN2O/c15-9-3-1-7(5-10(9)16)8-2-4-11(17)13-12(8)14(20)19-6-18-13/h1-6H,(H,18,19,20). The van der Waals surface area contributed by atoms with Gasteiger partial charge in [-0.15, -0.1) is 0 Å². The van der Waals surface area contributed by atoms with Gasteiger partial charge < -0.3 is 4.98 Å². The molecule has 1 N–H and O–H groups in total. The Morgan fingerprint density at radius 3 is 2.65 bits per heavy atom. The minimum Gasteiger partial charge on any atom is -0.313 e. The Bertz CT molecular complexity index is 877. The van der Waals surface area contributed by atoms with Gasteiger partial charge in [-0.2, -0.15) is 0 Å². The van der Waals surface area contributed by atoms with Crippen molar-refractivity contribution in [3.8, 4) is 11.1 Å². The first-order valence-corrected chi connectivity index (χ1v) is 6.45. The molecule has 0 aliphatic carbocycles. The number of H-pyrrole nitrogens is 1. The van der Waals surface area contributed by atoms with E-state index in [0.29, 0.717) is 21.2 Å². The van der Waals surface area contributed by atoms with Gasteiger partial charge in [0.1, 0.15) is 11.3 Å². The Labute approximate surface area is 123 Å². The maximum absolute atomic E-state index is 13.7. The summed E-state index contributed by atoms with van der Waals surface area (Å²) in [5, 5.41) is 0.960. The van der Waals surface area contributed by atoms with Gasteiger partial charge in [0.05, 0.1) is 21.8 Å². The van der Waals surface area contributed by atoms with Gasteiger partial charge in [0.2, 0.25) is 0 Å². The average molecular weight is 309 g/mol. The molecule has 0 atom stereocenters. The third-order valence-corrected chi connectivity index (χ3v) is 3.71. The van der Waals surface area contributed by atoms with Gasteiger partial charge in [-0.3, -0.25) is 4.79 Å². The third kappa shape index (κ3) is 2.07. The first-order chi connectivity index (χ1) is 9.58. The molecule has 3 aromatic rings. The number of rotatable bonds is 1. The summed E-state index contributed by atoms with van der Waals surface area (Å²) < 4.78 is 13.7. The van der Waals surface area contributed by atoms with Gasteiger partial charge in [0.15, 0.2) is 0 Å².